The Hall–Kier alpha value is -2.65. The summed E-state index contributed by atoms with van der Waals surface area (Å²) >= 11 is 0. The van der Waals surface area contributed by atoms with Crippen molar-refractivity contribution in [2.45, 2.75) is 4.90 Å². The Balaban J connectivity index is 2.19. The normalized spacial score (nSPS) is 11.3. The molecule has 0 heterocycles. The summed E-state index contributed by atoms with van der Waals surface area (Å²) in [5, 5.41) is 0. The van der Waals surface area contributed by atoms with Crippen molar-refractivity contribution < 1.29 is 27.1 Å². The molecule has 0 aliphatic heterocycles. The first-order valence-electron chi connectivity index (χ1n) is 7.91. The number of likely N-dealkylation sites (N-methyl/N-ethyl adjacent to an activating group) is 2. The molecule has 0 aliphatic rings. The van der Waals surface area contributed by atoms with E-state index in [-0.39, 0.29) is 17.2 Å². The fraction of sp³-hybridized carbons (Fsp3) is 0.278. The van der Waals surface area contributed by atoms with Crippen molar-refractivity contribution in [1.82, 2.24) is 4.31 Å². The van der Waals surface area contributed by atoms with E-state index in [0.29, 0.717) is 11.4 Å². The number of ether oxygens (including phenoxy) is 2. The smallest absolute Gasteiger partial charge is 0.243 e. The highest BCUT2D eigenvalue weighted by Gasteiger charge is 2.26. The van der Waals surface area contributed by atoms with Gasteiger partial charge in [0, 0.05) is 25.8 Å². The van der Waals surface area contributed by atoms with Gasteiger partial charge in [-0.05, 0) is 36.4 Å². The number of carbonyl (C=O) groups is 1. The van der Waals surface area contributed by atoms with Crippen LogP contribution in [0.15, 0.2) is 47.4 Å². The van der Waals surface area contributed by atoms with E-state index in [1.54, 1.807) is 0 Å². The Morgan fingerprint density at radius 3 is 2.15 bits per heavy atom. The molecule has 2 aromatic carbocycles. The third-order valence-electron chi connectivity index (χ3n) is 4.01. The van der Waals surface area contributed by atoms with Gasteiger partial charge in [0.2, 0.25) is 15.9 Å². The molecule has 0 saturated carbocycles. The Bertz CT molecular complexity index is 916. The zero-order valence-electron chi connectivity index (χ0n) is 15.5. The number of hydrogen-bond donors (Lipinski definition) is 0. The van der Waals surface area contributed by atoms with Gasteiger partial charge in [-0.2, -0.15) is 4.31 Å². The average Bonchev–Trinajstić information content (AvgIpc) is 2.67. The van der Waals surface area contributed by atoms with E-state index in [9.17, 15) is 17.6 Å². The number of anilines is 1. The van der Waals surface area contributed by atoms with Crippen LogP contribution in [0.3, 0.4) is 0 Å². The maximum atomic E-state index is 13.0. The average molecular weight is 396 g/mol. The van der Waals surface area contributed by atoms with Gasteiger partial charge in [0.05, 0.1) is 25.7 Å². The molecule has 0 aromatic heterocycles. The van der Waals surface area contributed by atoms with E-state index in [1.807, 2.05) is 0 Å². The molecule has 0 spiro atoms. The van der Waals surface area contributed by atoms with Gasteiger partial charge in [-0.1, -0.05) is 0 Å². The lowest BCUT2D eigenvalue weighted by molar-refractivity contribution is -0.118. The van der Waals surface area contributed by atoms with Crippen LogP contribution in [0.25, 0.3) is 0 Å². The van der Waals surface area contributed by atoms with Crippen LogP contribution in [0.2, 0.25) is 0 Å². The van der Waals surface area contributed by atoms with Gasteiger partial charge in [0.15, 0.2) is 11.5 Å². The molecule has 0 bridgehead atoms. The minimum absolute atomic E-state index is 0.0279. The lowest BCUT2D eigenvalue weighted by Crippen LogP contribution is -2.39. The first-order chi connectivity index (χ1) is 12.7. The number of amides is 1. The van der Waals surface area contributed by atoms with Gasteiger partial charge in [0.1, 0.15) is 5.82 Å². The first kappa shape index (κ1) is 20.7. The SMILES string of the molecule is COc1ccc(S(=O)(=O)N(C)CC(=O)N(C)c2ccc(F)cc2)cc1OC. The summed E-state index contributed by atoms with van der Waals surface area (Å²) < 4.78 is 49.7. The maximum Gasteiger partial charge on any atom is 0.243 e. The molecule has 2 rings (SSSR count). The monoisotopic (exact) mass is 396 g/mol. The van der Waals surface area contributed by atoms with Crippen LogP contribution in [-0.4, -0.2) is 53.5 Å². The minimum Gasteiger partial charge on any atom is -0.493 e. The first-order valence-corrected chi connectivity index (χ1v) is 9.35. The Kier molecular flexibility index (Phi) is 6.40. The molecule has 0 atom stereocenters. The Morgan fingerprint density at radius 1 is 1.00 bits per heavy atom. The van der Waals surface area contributed by atoms with Crippen molar-refractivity contribution in [2.24, 2.45) is 0 Å². The van der Waals surface area contributed by atoms with E-state index < -0.39 is 21.7 Å². The lowest BCUT2D eigenvalue weighted by atomic mass is 10.3. The predicted octanol–water partition coefficient (Wildman–Crippen LogP) is 2.13. The Labute approximate surface area is 158 Å². The van der Waals surface area contributed by atoms with Crippen LogP contribution in [0, 0.1) is 5.82 Å². The second-order valence-corrected chi connectivity index (χ2v) is 7.75. The summed E-state index contributed by atoms with van der Waals surface area (Å²) in [6.07, 6.45) is 0. The van der Waals surface area contributed by atoms with Gasteiger partial charge >= 0.3 is 0 Å². The fourth-order valence-electron chi connectivity index (χ4n) is 2.35. The number of carbonyl (C=O) groups excluding carboxylic acids is 1. The van der Waals surface area contributed by atoms with Gasteiger partial charge in [-0.3, -0.25) is 4.79 Å². The molecule has 0 aliphatic carbocycles. The third kappa shape index (κ3) is 4.55. The molecule has 0 radical (unpaired) electrons. The molecular weight excluding hydrogens is 375 g/mol. The van der Waals surface area contributed by atoms with Crippen LogP contribution in [0.4, 0.5) is 10.1 Å². The third-order valence-corrected chi connectivity index (χ3v) is 5.81. The molecule has 0 N–H and O–H groups in total. The van der Waals surface area contributed by atoms with E-state index in [2.05, 4.69) is 0 Å². The summed E-state index contributed by atoms with van der Waals surface area (Å²) in [6.45, 7) is -0.384. The summed E-state index contributed by atoms with van der Waals surface area (Å²) in [5.41, 5.74) is 0.457. The molecule has 1 amide bonds. The van der Waals surface area contributed by atoms with Crippen molar-refractivity contribution in [3.8, 4) is 11.5 Å². The summed E-state index contributed by atoms with van der Waals surface area (Å²) in [6, 6.07) is 9.52. The van der Waals surface area contributed by atoms with Crippen molar-refractivity contribution in [2.75, 3.05) is 39.8 Å². The van der Waals surface area contributed by atoms with Crippen LogP contribution >= 0.6 is 0 Å². The molecule has 27 heavy (non-hydrogen) atoms. The minimum atomic E-state index is -3.92. The molecule has 0 saturated heterocycles. The van der Waals surface area contributed by atoms with Crippen molar-refractivity contribution in [3.63, 3.8) is 0 Å². The molecule has 2 aromatic rings. The molecule has 146 valence electrons. The van der Waals surface area contributed by atoms with Crippen molar-refractivity contribution in [1.29, 1.82) is 0 Å². The number of benzene rings is 2. The number of sulfonamides is 1. The summed E-state index contributed by atoms with van der Waals surface area (Å²) in [7, 11) is 1.73. The fourth-order valence-corrected chi connectivity index (χ4v) is 3.48. The van der Waals surface area contributed by atoms with Crippen molar-refractivity contribution in [3.05, 3.63) is 48.3 Å². The number of methoxy groups -OCH3 is 2. The van der Waals surface area contributed by atoms with E-state index >= 15 is 0 Å². The second-order valence-electron chi connectivity index (χ2n) is 5.71. The quantitative estimate of drug-likeness (QED) is 0.717. The van der Waals surface area contributed by atoms with Crippen LogP contribution in [0.5, 0.6) is 11.5 Å². The molecule has 0 unspecified atom stereocenters. The number of hydrogen-bond acceptors (Lipinski definition) is 5. The van der Waals surface area contributed by atoms with Crippen LogP contribution in [0.1, 0.15) is 0 Å². The lowest BCUT2D eigenvalue weighted by Gasteiger charge is -2.22. The van der Waals surface area contributed by atoms with Crippen LogP contribution < -0.4 is 14.4 Å². The highest BCUT2D eigenvalue weighted by Crippen LogP contribution is 2.30. The largest absolute Gasteiger partial charge is 0.493 e. The second kappa shape index (κ2) is 8.36. The zero-order chi connectivity index (χ0) is 20.2. The number of halogens is 1. The molecular formula is C18H21FN2O5S. The summed E-state index contributed by atoms with van der Waals surface area (Å²) in [4.78, 5) is 13.7. The highest BCUT2D eigenvalue weighted by atomic mass is 32.2. The number of rotatable bonds is 7. The van der Waals surface area contributed by atoms with Gasteiger partial charge in [0.25, 0.3) is 0 Å². The standard InChI is InChI=1S/C18H21FN2O5S/c1-20(12-18(22)21(2)14-7-5-13(19)6-8-14)27(23,24)15-9-10-16(25-3)17(11-15)26-4/h5-11H,12H2,1-4H3. The highest BCUT2D eigenvalue weighted by molar-refractivity contribution is 7.89. The van der Waals surface area contributed by atoms with Crippen molar-refractivity contribution >= 4 is 21.6 Å². The zero-order valence-corrected chi connectivity index (χ0v) is 16.3. The van der Waals surface area contributed by atoms with Gasteiger partial charge in [-0.15, -0.1) is 0 Å². The molecule has 0 fully saturated rings. The number of nitrogens with zero attached hydrogens (tertiary/aromatic N) is 2. The Morgan fingerprint density at radius 2 is 1.59 bits per heavy atom. The van der Waals surface area contributed by atoms with E-state index in [0.717, 1.165) is 4.31 Å². The van der Waals surface area contributed by atoms with Gasteiger partial charge in [-0.25, -0.2) is 12.8 Å². The van der Waals surface area contributed by atoms with Crippen LogP contribution in [-0.2, 0) is 14.8 Å². The van der Waals surface area contributed by atoms with Gasteiger partial charge < -0.3 is 14.4 Å². The molecule has 9 heteroatoms. The van der Waals surface area contributed by atoms with E-state index in [4.69, 9.17) is 9.47 Å². The maximum absolute atomic E-state index is 13.0. The predicted molar refractivity (Wildman–Crippen MR) is 99.2 cm³/mol. The molecule has 7 nitrogen and oxygen atoms in total. The van der Waals surface area contributed by atoms with E-state index in [1.165, 1.54) is 75.7 Å². The summed E-state index contributed by atoms with van der Waals surface area (Å²) in [5.74, 6) is -0.228. The topological polar surface area (TPSA) is 76.2 Å².